The SMILES string of the molecule is CC(C)(C)OC(=O)N1CCN(c2nc(NCCOCCOCCOCCOCCOCCOCCOCCOCCOCCOCCc3cc(Cl)cc(NC(=O)NCc4ccc5c(c4)CN(C4CCC(=O)NC4=O)C5=O)c3)nc3c(F)c(Br)c(Cl)cc23)CC1. The van der Waals surface area contributed by atoms with Gasteiger partial charge in [-0.15, -0.1) is 0 Å². The normalized spacial score (nSPS) is 15.2. The highest BCUT2D eigenvalue weighted by molar-refractivity contribution is 9.10. The van der Waals surface area contributed by atoms with E-state index in [1.54, 1.807) is 29.2 Å². The van der Waals surface area contributed by atoms with Gasteiger partial charge in [-0.25, -0.2) is 19.0 Å². The summed E-state index contributed by atoms with van der Waals surface area (Å²) < 4.78 is 77.1. The number of anilines is 3. The second-order valence-electron chi connectivity index (χ2n) is 21.6. The van der Waals surface area contributed by atoms with Gasteiger partial charge >= 0.3 is 12.1 Å². The number of imide groups is 1. The molecule has 6 amide bonds. The molecule has 1 aromatic heterocycles. The predicted molar refractivity (Wildman–Crippen MR) is 332 cm³/mol. The van der Waals surface area contributed by atoms with Crippen LogP contribution in [0.15, 0.2) is 46.9 Å². The molecule has 3 aliphatic heterocycles. The van der Waals surface area contributed by atoms with Crippen LogP contribution in [0.4, 0.5) is 31.4 Å². The Bertz CT molecular complexity index is 2950. The minimum absolute atomic E-state index is 0.114. The molecule has 7 rings (SSSR count). The van der Waals surface area contributed by atoms with Gasteiger partial charge in [-0.05, 0) is 96.6 Å². The Kier molecular flexibility index (Phi) is 29.9. The lowest BCUT2D eigenvalue weighted by molar-refractivity contribution is -0.136. The summed E-state index contributed by atoms with van der Waals surface area (Å²) in [5, 5.41) is 12.2. The molecule has 0 aliphatic carbocycles. The lowest BCUT2D eigenvalue weighted by Crippen LogP contribution is -2.52. The molecule has 25 nitrogen and oxygen atoms in total. The van der Waals surface area contributed by atoms with Crippen LogP contribution in [0.3, 0.4) is 0 Å². The fourth-order valence-electron chi connectivity index (χ4n) is 9.37. The minimum Gasteiger partial charge on any atom is -0.444 e. The number of halogens is 4. The quantitative estimate of drug-likeness (QED) is 0.0203. The molecule has 4 aromatic rings. The molecule has 3 aliphatic rings. The zero-order valence-corrected chi connectivity index (χ0v) is 53.7. The first kappa shape index (κ1) is 70.8. The van der Waals surface area contributed by atoms with Gasteiger partial charge in [0.25, 0.3) is 5.91 Å². The van der Waals surface area contributed by atoms with E-state index in [1.807, 2.05) is 43.9 Å². The van der Waals surface area contributed by atoms with Gasteiger partial charge in [0.2, 0.25) is 17.8 Å². The summed E-state index contributed by atoms with van der Waals surface area (Å²) in [7, 11) is 0. The van der Waals surface area contributed by atoms with Crippen LogP contribution in [0.5, 0.6) is 0 Å². The zero-order valence-electron chi connectivity index (χ0n) is 50.6. The fourth-order valence-corrected chi connectivity index (χ4v) is 10.1. The van der Waals surface area contributed by atoms with E-state index in [2.05, 4.69) is 42.2 Å². The Labute approximate surface area is 535 Å². The summed E-state index contributed by atoms with van der Waals surface area (Å²) in [6, 6.07) is 11.1. The molecule has 2 fully saturated rings. The molecule has 4 N–H and O–H groups in total. The number of piperazine rings is 1. The number of ether oxygens (including phenoxy) is 11. The highest BCUT2D eigenvalue weighted by Gasteiger charge is 2.39. The molecule has 0 bridgehead atoms. The Morgan fingerprint density at radius 1 is 0.697 bits per heavy atom. The van der Waals surface area contributed by atoms with Gasteiger partial charge in [-0.3, -0.25) is 19.7 Å². The van der Waals surface area contributed by atoms with E-state index in [-0.39, 0.29) is 64.8 Å². The van der Waals surface area contributed by atoms with Crippen LogP contribution in [0, 0.1) is 5.82 Å². The van der Waals surface area contributed by atoms with Crippen molar-refractivity contribution in [2.75, 3.05) is 180 Å². The summed E-state index contributed by atoms with van der Waals surface area (Å²) >= 11 is 15.9. The van der Waals surface area contributed by atoms with Gasteiger partial charge in [-0.2, -0.15) is 4.98 Å². The van der Waals surface area contributed by atoms with E-state index in [9.17, 15) is 24.0 Å². The molecule has 89 heavy (non-hydrogen) atoms. The molecule has 1 atom stereocenters. The van der Waals surface area contributed by atoms with Crippen molar-refractivity contribution in [1.29, 1.82) is 0 Å². The first-order valence-electron chi connectivity index (χ1n) is 29.7. The number of carbonyl (C=O) groups excluding carboxylic acids is 5. The van der Waals surface area contributed by atoms with Crippen LogP contribution in [0.25, 0.3) is 10.9 Å². The van der Waals surface area contributed by atoms with E-state index in [0.717, 1.165) is 16.7 Å². The van der Waals surface area contributed by atoms with E-state index in [0.29, 0.717) is 199 Å². The second kappa shape index (κ2) is 37.6. The maximum Gasteiger partial charge on any atom is 0.410 e. The molecule has 0 spiro atoms. The van der Waals surface area contributed by atoms with Crippen LogP contribution < -0.4 is 26.2 Å². The number of benzene rings is 3. The number of nitrogens with zero attached hydrogens (tertiary/aromatic N) is 5. The van der Waals surface area contributed by atoms with Crippen molar-refractivity contribution >= 4 is 97.3 Å². The van der Waals surface area contributed by atoms with Crippen LogP contribution in [0.1, 0.15) is 60.7 Å². The second-order valence-corrected chi connectivity index (χ2v) is 23.2. The number of rotatable bonds is 39. The molecule has 0 saturated carbocycles. The molecule has 0 radical (unpaired) electrons. The molecular weight excluding hydrogens is 1270 g/mol. The summed E-state index contributed by atoms with van der Waals surface area (Å²) in [4.78, 5) is 76.7. The number of carbonyl (C=O) groups is 5. The topological polar surface area (TPSA) is 270 Å². The number of hydrogen-bond donors (Lipinski definition) is 4. The van der Waals surface area contributed by atoms with Crippen LogP contribution in [0.2, 0.25) is 10.0 Å². The van der Waals surface area contributed by atoms with Gasteiger partial charge in [0.15, 0.2) is 5.82 Å². The minimum atomic E-state index is -0.695. The first-order chi connectivity index (χ1) is 43.0. The average molecular weight is 1350 g/mol. The average Bonchev–Trinajstić information content (AvgIpc) is 1.74. The Morgan fingerprint density at radius 2 is 1.25 bits per heavy atom. The predicted octanol–water partition coefficient (Wildman–Crippen LogP) is 6.80. The Balaban J connectivity index is 0.591. The molecule has 3 aromatic carbocycles. The third-order valence-corrected chi connectivity index (χ3v) is 15.2. The third-order valence-electron chi connectivity index (χ3n) is 13.7. The monoisotopic (exact) mass is 1350 g/mol. The molecule has 1 unspecified atom stereocenters. The smallest absolute Gasteiger partial charge is 0.410 e. The summed E-state index contributed by atoms with van der Waals surface area (Å²) in [6.07, 6.45) is 0.658. The Morgan fingerprint density at radius 3 is 1.80 bits per heavy atom. The number of aromatic nitrogens is 2. The molecule has 2 saturated heterocycles. The van der Waals surface area contributed by atoms with Crippen molar-refractivity contribution in [2.24, 2.45) is 0 Å². The largest absolute Gasteiger partial charge is 0.444 e. The van der Waals surface area contributed by atoms with Crippen LogP contribution in [-0.2, 0) is 81.2 Å². The van der Waals surface area contributed by atoms with E-state index in [4.69, 9.17) is 80.3 Å². The number of urea groups is 1. The van der Waals surface area contributed by atoms with Crippen molar-refractivity contribution in [3.63, 3.8) is 0 Å². The van der Waals surface area contributed by atoms with Crippen molar-refractivity contribution < 1.29 is 80.5 Å². The number of nitrogens with one attached hydrogen (secondary N) is 4. The van der Waals surface area contributed by atoms with E-state index in [1.165, 1.54) is 4.90 Å². The molecule has 490 valence electrons. The van der Waals surface area contributed by atoms with Gasteiger partial charge in [0.1, 0.15) is 23.0 Å². The first-order valence-corrected chi connectivity index (χ1v) is 31.3. The number of hydrogen-bond acceptors (Lipinski definition) is 20. The standard InChI is InChI=1S/C60H81BrCl2FN9O16/c1-60(2,3)89-59(78)72-12-10-71(11-13-72)54-47-38-48(63)51(61)52(64)53(47)69-57(70-54)65-9-15-80-17-19-82-21-23-84-25-27-86-29-31-88-33-32-87-30-28-85-26-24-83-22-20-81-18-16-79-14-8-41-35-44(62)37-45(36-41)67-58(77)66-39-42-4-5-46-43(34-42)40-73(56(46)76)49-6-7-50(74)68-55(49)75/h4-5,34-38,49H,6-33,39-40H2,1-3H3,(H,65,69,70)(H2,66,67,77)(H,68,74,75). The number of fused-ring (bicyclic) bond motifs is 2. The lowest BCUT2D eigenvalue weighted by Gasteiger charge is -2.36. The lowest BCUT2D eigenvalue weighted by atomic mass is 10.0. The third kappa shape index (κ3) is 24.2. The van der Waals surface area contributed by atoms with Gasteiger partial charge in [0.05, 0.1) is 142 Å². The van der Waals surface area contributed by atoms with E-state index >= 15 is 4.39 Å². The summed E-state index contributed by atoms with van der Waals surface area (Å²) in [5.74, 6) is -0.907. The highest BCUT2D eigenvalue weighted by Crippen LogP contribution is 2.36. The van der Waals surface area contributed by atoms with E-state index < -0.39 is 29.4 Å². The van der Waals surface area contributed by atoms with Crippen molar-refractivity contribution in [3.8, 4) is 0 Å². The highest BCUT2D eigenvalue weighted by atomic mass is 79.9. The Hall–Kier alpha value is -5.66. The number of piperidine rings is 1. The van der Waals surface area contributed by atoms with Gasteiger partial charge in [-0.1, -0.05) is 35.3 Å². The van der Waals surface area contributed by atoms with Crippen LogP contribution >= 0.6 is 39.1 Å². The van der Waals surface area contributed by atoms with Crippen molar-refractivity contribution in [3.05, 3.63) is 85.1 Å². The fraction of sp³-hybridized carbons (Fsp3) is 0.583. The summed E-state index contributed by atoms with van der Waals surface area (Å²) in [6.45, 7) is 16.4. The van der Waals surface area contributed by atoms with Crippen molar-refractivity contribution in [2.45, 2.75) is 64.8 Å². The molecule has 29 heteroatoms. The summed E-state index contributed by atoms with van der Waals surface area (Å²) in [5.41, 5.74) is 2.96. The maximum absolute atomic E-state index is 15.4. The van der Waals surface area contributed by atoms with Crippen LogP contribution in [-0.4, -0.2) is 226 Å². The maximum atomic E-state index is 15.4. The molecular formula is C60H81BrCl2FN9O16. The zero-order chi connectivity index (χ0) is 63.4. The van der Waals surface area contributed by atoms with Gasteiger partial charge < -0.3 is 82.8 Å². The number of amides is 6. The van der Waals surface area contributed by atoms with Crippen molar-refractivity contribution in [1.82, 2.24) is 30.4 Å². The van der Waals surface area contributed by atoms with Gasteiger partial charge in [0, 0.05) is 73.9 Å². The molecule has 4 heterocycles.